The zero-order valence-electron chi connectivity index (χ0n) is 18.5. The fourth-order valence-corrected chi connectivity index (χ4v) is 3.70. The van der Waals surface area contributed by atoms with E-state index in [1.54, 1.807) is 6.07 Å². The monoisotopic (exact) mass is 446 g/mol. The number of hydrogen-bond donors (Lipinski definition) is 0. The van der Waals surface area contributed by atoms with Gasteiger partial charge in [0.15, 0.2) is 0 Å². The molecule has 1 unspecified atom stereocenters. The molecule has 0 spiro atoms. The van der Waals surface area contributed by atoms with Crippen LogP contribution in [0.4, 0.5) is 13.2 Å². The van der Waals surface area contributed by atoms with Gasteiger partial charge in [0, 0.05) is 12.0 Å². The first kappa shape index (κ1) is 23.9. The normalized spacial score (nSPS) is 14.0. The van der Waals surface area contributed by atoms with Gasteiger partial charge in [-0.1, -0.05) is 50.3 Å². The number of benzene rings is 2. The molecule has 1 atom stereocenters. The van der Waals surface area contributed by atoms with Gasteiger partial charge in [0.1, 0.15) is 5.75 Å². The van der Waals surface area contributed by atoms with Crippen molar-refractivity contribution in [2.24, 2.45) is 5.92 Å². The molecule has 32 heavy (non-hydrogen) atoms. The fraction of sp³-hybridized carbons (Fsp3) is 0.423. The second kappa shape index (κ2) is 10.7. The van der Waals surface area contributed by atoms with Crippen LogP contribution in [0.3, 0.4) is 0 Å². The SMILES string of the molecule is CCC(C)C(=O)OCCCCCOc1cccc2c1CC(c1ccccc1C(F)(F)F)=C2. The molecule has 3 rings (SSSR count). The minimum Gasteiger partial charge on any atom is -0.493 e. The van der Waals surface area contributed by atoms with Crippen LogP contribution in [-0.4, -0.2) is 19.2 Å². The standard InChI is InChI=1S/C26H29F3O3/c1-3-18(2)25(30)32-15-8-4-7-14-31-24-13-9-10-19-16-20(17-22(19)24)21-11-5-6-12-23(21)26(27,28)29/h5-6,9-13,16,18H,3-4,7-8,14-15,17H2,1-2H3. The summed E-state index contributed by atoms with van der Waals surface area (Å²) in [6.07, 6.45) is 1.05. The lowest BCUT2D eigenvalue weighted by Gasteiger charge is -2.14. The molecule has 0 fully saturated rings. The predicted molar refractivity (Wildman–Crippen MR) is 119 cm³/mol. The summed E-state index contributed by atoms with van der Waals surface area (Å²) in [7, 11) is 0. The summed E-state index contributed by atoms with van der Waals surface area (Å²) in [6.45, 7) is 4.73. The average molecular weight is 447 g/mol. The number of unbranched alkanes of at least 4 members (excludes halogenated alkanes) is 2. The summed E-state index contributed by atoms with van der Waals surface area (Å²) >= 11 is 0. The van der Waals surface area contributed by atoms with Crippen LogP contribution < -0.4 is 4.74 Å². The number of allylic oxidation sites excluding steroid dienone is 1. The van der Waals surface area contributed by atoms with E-state index in [0.29, 0.717) is 31.0 Å². The number of fused-ring (bicyclic) bond motifs is 1. The van der Waals surface area contributed by atoms with E-state index in [9.17, 15) is 18.0 Å². The van der Waals surface area contributed by atoms with E-state index in [0.717, 1.165) is 42.9 Å². The number of esters is 1. The van der Waals surface area contributed by atoms with Crippen molar-refractivity contribution < 1.29 is 27.4 Å². The van der Waals surface area contributed by atoms with Crippen LogP contribution in [0.2, 0.25) is 0 Å². The summed E-state index contributed by atoms with van der Waals surface area (Å²) < 4.78 is 51.5. The molecule has 0 aromatic heterocycles. The quantitative estimate of drug-likeness (QED) is 0.293. The maximum absolute atomic E-state index is 13.4. The van der Waals surface area contributed by atoms with Gasteiger partial charge in [-0.25, -0.2) is 0 Å². The highest BCUT2D eigenvalue weighted by Gasteiger charge is 2.34. The first-order valence-corrected chi connectivity index (χ1v) is 11.1. The Hall–Kier alpha value is -2.76. The molecule has 0 heterocycles. The lowest BCUT2D eigenvalue weighted by molar-refractivity contribution is -0.148. The van der Waals surface area contributed by atoms with Gasteiger partial charge in [-0.05, 0) is 54.5 Å². The molecule has 0 aliphatic heterocycles. The molecular formula is C26H29F3O3. The third-order valence-electron chi connectivity index (χ3n) is 5.75. The van der Waals surface area contributed by atoms with Gasteiger partial charge >= 0.3 is 12.1 Å². The van der Waals surface area contributed by atoms with E-state index in [2.05, 4.69) is 0 Å². The Bertz CT molecular complexity index is 963. The smallest absolute Gasteiger partial charge is 0.416 e. The lowest BCUT2D eigenvalue weighted by atomic mass is 9.97. The van der Waals surface area contributed by atoms with Crippen LogP contribution in [0, 0.1) is 5.92 Å². The Balaban J connectivity index is 1.52. The van der Waals surface area contributed by atoms with Crippen LogP contribution in [0.5, 0.6) is 5.75 Å². The Morgan fingerprint density at radius 1 is 1.03 bits per heavy atom. The second-order valence-electron chi connectivity index (χ2n) is 8.10. The van der Waals surface area contributed by atoms with Gasteiger partial charge < -0.3 is 9.47 Å². The predicted octanol–water partition coefficient (Wildman–Crippen LogP) is 6.94. The van der Waals surface area contributed by atoms with Crippen LogP contribution >= 0.6 is 0 Å². The number of alkyl halides is 3. The molecule has 2 aromatic rings. The van der Waals surface area contributed by atoms with Crippen molar-refractivity contribution in [3.63, 3.8) is 0 Å². The summed E-state index contributed by atoms with van der Waals surface area (Å²) in [5.74, 6) is 0.487. The molecule has 0 bridgehead atoms. The lowest BCUT2D eigenvalue weighted by Crippen LogP contribution is -2.14. The number of halogens is 3. The maximum atomic E-state index is 13.4. The van der Waals surface area contributed by atoms with Gasteiger partial charge in [0.25, 0.3) is 0 Å². The molecule has 1 aliphatic rings. The highest BCUT2D eigenvalue weighted by atomic mass is 19.4. The summed E-state index contributed by atoms with van der Waals surface area (Å²) in [5.41, 5.74) is 2.06. The Morgan fingerprint density at radius 3 is 2.53 bits per heavy atom. The number of hydrogen-bond acceptors (Lipinski definition) is 3. The third kappa shape index (κ3) is 5.93. The van der Waals surface area contributed by atoms with Gasteiger partial charge in [0.2, 0.25) is 0 Å². The second-order valence-corrected chi connectivity index (χ2v) is 8.10. The van der Waals surface area contributed by atoms with Crippen LogP contribution in [0.1, 0.15) is 61.8 Å². The molecule has 3 nitrogen and oxygen atoms in total. The first-order valence-electron chi connectivity index (χ1n) is 11.1. The van der Waals surface area contributed by atoms with Crippen LogP contribution in [-0.2, 0) is 22.1 Å². The molecule has 0 saturated heterocycles. The summed E-state index contributed by atoms with van der Waals surface area (Å²) in [4.78, 5) is 11.6. The van der Waals surface area contributed by atoms with Crippen molar-refractivity contribution in [2.45, 2.75) is 52.1 Å². The molecule has 0 radical (unpaired) electrons. The summed E-state index contributed by atoms with van der Waals surface area (Å²) in [5, 5.41) is 0. The van der Waals surface area contributed by atoms with Crippen LogP contribution in [0.15, 0.2) is 42.5 Å². The van der Waals surface area contributed by atoms with Gasteiger partial charge in [-0.15, -0.1) is 0 Å². The number of rotatable bonds is 10. The largest absolute Gasteiger partial charge is 0.493 e. The Morgan fingerprint density at radius 2 is 1.78 bits per heavy atom. The Kier molecular flexibility index (Phi) is 7.99. The minimum atomic E-state index is -4.39. The van der Waals surface area contributed by atoms with Crippen molar-refractivity contribution >= 4 is 17.6 Å². The van der Waals surface area contributed by atoms with Gasteiger partial charge in [-0.3, -0.25) is 4.79 Å². The minimum absolute atomic E-state index is 0.0693. The highest BCUT2D eigenvalue weighted by molar-refractivity contribution is 5.90. The van der Waals surface area contributed by atoms with E-state index in [4.69, 9.17) is 9.47 Å². The van der Waals surface area contributed by atoms with E-state index in [-0.39, 0.29) is 17.5 Å². The maximum Gasteiger partial charge on any atom is 0.416 e. The van der Waals surface area contributed by atoms with Crippen molar-refractivity contribution in [1.29, 1.82) is 0 Å². The number of ether oxygens (including phenoxy) is 2. The average Bonchev–Trinajstić information content (AvgIpc) is 3.22. The zero-order valence-corrected chi connectivity index (χ0v) is 18.5. The molecule has 172 valence electrons. The van der Waals surface area contributed by atoms with E-state index in [1.165, 1.54) is 12.1 Å². The van der Waals surface area contributed by atoms with Crippen molar-refractivity contribution in [3.05, 3.63) is 64.7 Å². The number of carbonyl (C=O) groups excluding carboxylic acids is 1. The molecule has 2 aromatic carbocycles. The topological polar surface area (TPSA) is 35.5 Å². The highest BCUT2D eigenvalue weighted by Crippen LogP contribution is 2.41. The third-order valence-corrected chi connectivity index (χ3v) is 5.75. The molecular weight excluding hydrogens is 417 g/mol. The molecule has 0 amide bonds. The molecule has 0 N–H and O–H groups in total. The number of carbonyl (C=O) groups is 1. The van der Waals surface area contributed by atoms with Crippen molar-refractivity contribution in [1.82, 2.24) is 0 Å². The molecule has 1 aliphatic carbocycles. The first-order chi connectivity index (χ1) is 15.3. The van der Waals surface area contributed by atoms with E-state index < -0.39 is 11.7 Å². The molecule has 0 saturated carbocycles. The van der Waals surface area contributed by atoms with Crippen LogP contribution in [0.25, 0.3) is 11.6 Å². The zero-order chi connectivity index (χ0) is 23.1. The van der Waals surface area contributed by atoms with Crippen molar-refractivity contribution in [2.75, 3.05) is 13.2 Å². The van der Waals surface area contributed by atoms with E-state index in [1.807, 2.05) is 38.1 Å². The van der Waals surface area contributed by atoms with Crippen molar-refractivity contribution in [3.8, 4) is 5.75 Å². The fourth-order valence-electron chi connectivity index (χ4n) is 3.70. The summed E-state index contributed by atoms with van der Waals surface area (Å²) in [6, 6.07) is 11.3. The molecule has 6 heteroatoms. The Labute approximate surface area is 187 Å². The van der Waals surface area contributed by atoms with Gasteiger partial charge in [0.05, 0.1) is 24.7 Å². The van der Waals surface area contributed by atoms with Gasteiger partial charge in [-0.2, -0.15) is 13.2 Å². The van der Waals surface area contributed by atoms with E-state index >= 15 is 0 Å².